The van der Waals surface area contributed by atoms with Gasteiger partial charge in [-0.1, -0.05) is 25.0 Å². The molecule has 25 heavy (non-hydrogen) atoms. The van der Waals surface area contributed by atoms with Gasteiger partial charge in [0.15, 0.2) is 0 Å². The molecule has 138 valence electrons. The molecule has 3 aliphatic rings. The van der Waals surface area contributed by atoms with Gasteiger partial charge in [-0.3, -0.25) is 4.79 Å². The number of carboxylic acid groups (broad SMARTS) is 1. The van der Waals surface area contributed by atoms with Crippen LogP contribution in [0.4, 0.5) is 0 Å². The van der Waals surface area contributed by atoms with Crippen LogP contribution in [0.3, 0.4) is 0 Å². The number of esters is 1. The predicted molar refractivity (Wildman–Crippen MR) is 92.5 cm³/mol. The molecule has 0 saturated heterocycles. The van der Waals surface area contributed by atoms with Crippen LogP contribution in [0.5, 0.6) is 0 Å². The summed E-state index contributed by atoms with van der Waals surface area (Å²) in [6, 6.07) is 0. The summed E-state index contributed by atoms with van der Waals surface area (Å²) in [7, 11) is 0. The number of carbonyl (C=O) groups excluding carboxylic acids is 1. The first-order valence-corrected chi connectivity index (χ1v) is 9.18. The van der Waals surface area contributed by atoms with Crippen LogP contribution in [0.1, 0.15) is 59.3 Å². The maximum Gasteiger partial charge on any atom is 0.336 e. The third kappa shape index (κ3) is 2.92. The van der Waals surface area contributed by atoms with E-state index in [0.29, 0.717) is 12.0 Å². The average Bonchev–Trinajstić information content (AvgIpc) is 2.84. The number of cyclic esters (lactones) is 1. The molecule has 1 saturated carbocycles. The standard InChI is InChI=1S/C20H28O5/c1-12-5-8-15-19(2,9-4-10-20(15,3)18(23)24)14(12)7-6-13-11-16(21)25-17(13)22/h5,11,14-16,21H,4,6-10H2,1-3H3,(H,23,24). The molecule has 5 nitrogen and oxygen atoms in total. The molecule has 1 heterocycles. The van der Waals surface area contributed by atoms with E-state index in [-0.39, 0.29) is 17.3 Å². The molecular formula is C20H28O5. The van der Waals surface area contributed by atoms with Gasteiger partial charge in [-0.2, -0.15) is 0 Å². The van der Waals surface area contributed by atoms with E-state index in [1.165, 1.54) is 11.6 Å². The zero-order valence-corrected chi connectivity index (χ0v) is 15.2. The number of hydrogen-bond acceptors (Lipinski definition) is 4. The van der Waals surface area contributed by atoms with Gasteiger partial charge in [0.05, 0.1) is 5.41 Å². The van der Waals surface area contributed by atoms with E-state index >= 15 is 0 Å². The van der Waals surface area contributed by atoms with Crippen molar-refractivity contribution in [2.24, 2.45) is 22.7 Å². The second-order valence-corrected chi connectivity index (χ2v) is 8.40. The lowest BCUT2D eigenvalue weighted by atomic mass is 9.47. The number of carboxylic acids is 1. The number of ether oxygens (including phenoxy) is 1. The minimum absolute atomic E-state index is 0.0775. The summed E-state index contributed by atoms with van der Waals surface area (Å²) in [5.41, 5.74) is 1.06. The van der Waals surface area contributed by atoms with Crippen molar-refractivity contribution in [3.05, 3.63) is 23.3 Å². The molecule has 5 heteroatoms. The second-order valence-electron chi connectivity index (χ2n) is 8.40. The lowest BCUT2D eigenvalue weighted by molar-refractivity contribution is -0.162. The van der Waals surface area contributed by atoms with E-state index in [2.05, 4.69) is 19.9 Å². The van der Waals surface area contributed by atoms with E-state index in [1.54, 1.807) is 0 Å². The molecule has 0 aromatic carbocycles. The summed E-state index contributed by atoms with van der Waals surface area (Å²) in [4.78, 5) is 23.7. The molecule has 0 aromatic heterocycles. The molecule has 5 unspecified atom stereocenters. The van der Waals surface area contributed by atoms with Gasteiger partial charge >= 0.3 is 11.9 Å². The van der Waals surface area contributed by atoms with Crippen molar-refractivity contribution in [3.63, 3.8) is 0 Å². The highest BCUT2D eigenvalue weighted by Gasteiger charge is 2.56. The zero-order chi connectivity index (χ0) is 18.4. The Labute approximate surface area is 148 Å². The Bertz CT molecular complexity index is 648. The minimum atomic E-state index is -1.13. The smallest absolute Gasteiger partial charge is 0.336 e. The van der Waals surface area contributed by atoms with Crippen LogP contribution in [0.15, 0.2) is 23.3 Å². The Morgan fingerprint density at radius 3 is 2.68 bits per heavy atom. The summed E-state index contributed by atoms with van der Waals surface area (Å²) in [5.74, 6) is -0.780. The van der Waals surface area contributed by atoms with Crippen molar-refractivity contribution >= 4 is 11.9 Å². The third-order valence-corrected chi connectivity index (χ3v) is 7.02. The number of hydrogen-bond donors (Lipinski definition) is 2. The molecular weight excluding hydrogens is 320 g/mol. The van der Waals surface area contributed by atoms with Gasteiger partial charge in [-0.05, 0) is 69.3 Å². The van der Waals surface area contributed by atoms with Crippen molar-refractivity contribution < 1.29 is 24.5 Å². The summed E-state index contributed by atoms with van der Waals surface area (Å²) in [6.45, 7) is 6.25. The topological polar surface area (TPSA) is 83.8 Å². The molecule has 0 aromatic rings. The predicted octanol–water partition coefficient (Wildman–Crippen LogP) is 3.43. The van der Waals surface area contributed by atoms with Gasteiger partial charge in [0.1, 0.15) is 0 Å². The fraction of sp³-hybridized carbons (Fsp3) is 0.700. The monoisotopic (exact) mass is 348 g/mol. The van der Waals surface area contributed by atoms with Crippen LogP contribution >= 0.6 is 0 Å². The number of allylic oxidation sites excluding steroid dienone is 2. The number of aliphatic hydroxyl groups is 1. The van der Waals surface area contributed by atoms with Gasteiger partial charge in [0.2, 0.25) is 6.29 Å². The van der Waals surface area contributed by atoms with Crippen molar-refractivity contribution in [1.29, 1.82) is 0 Å². The summed E-state index contributed by atoms with van der Waals surface area (Å²) in [5, 5.41) is 19.3. The molecule has 5 atom stereocenters. The lowest BCUT2D eigenvalue weighted by Gasteiger charge is -2.56. The van der Waals surface area contributed by atoms with Crippen molar-refractivity contribution in [2.45, 2.75) is 65.6 Å². The lowest BCUT2D eigenvalue weighted by Crippen LogP contribution is -2.52. The third-order valence-electron chi connectivity index (χ3n) is 7.02. The highest BCUT2D eigenvalue weighted by Crippen LogP contribution is 2.60. The molecule has 2 N–H and O–H groups in total. The molecule has 3 rings (SSSR count). The summed E-state index contributed by atoms with van der Waals surface area (Å²) >= 11 is 0. The maximum absolute atomic E-state index is 12.0. The summed E-state index contributed by atoms with van der Waals surface area (Å²) < 4.78 is 4.77. The highest BCUT2D eigenvalue weighted by molar-refractivity contribution is 5.90. The van der Waals surface area contributed by atoms with E-state index in [9.17, 15) is 19.8 Å². The molecule has 1 aliphatic heterocycles. The maximum atomic E-state index is 12.0. The van der Waals surface area contributed by atoms with Crippen LogP contribution in [0.25, 0.3) is 0 Å². The number of aliphatic hydroxyl groups excluding tert-OH is 1. The zero-order valence-electron chi connectivity index (χ0n) is 15.2. The van der Waals surface area contributed by atoms with Crippen LogP contribution in [0.2, 0.25) is 0 Å². The quantitative estimate of drug-likeness (QED) is 0.601. The number of aliphatic carboxylic acids is 1. The normalized spacial score (nSPS) is 40.8. The number of carbonyl (C=O) groups is 2. The van der Waals surface area contributed by atoms with E-state index in [0.717, 1.165) is 32.1 Å². The Morgan fingerprint density at radius 1 is 1.36 bits per heavy atom. The van der Waals surface area contributed by atoms with E-state index in [4.69, 9.17) is 4.74 Å². The number of fused-ring (bicyclic) bond motifs is 1. The largest absolute Gasteiger partial charge is 0.481 e. The Hall–Kier alpha value is -1.62. The van der Waals surface area contributed by atoms with Crippen LogP contribution in [0, 0.1) is 22.7 Å². The van der Waals surface area contributed by atoms with Gasteiger partial charge in [0.25, 0.3) is 0 Å². The molecule has 0 amide bonds. The first kappa shape index (κ1) is 18.2. The second kappa shape index (κ2) is 6.27. The fourth-order valence-corrected chi connectivity index (χ4v) is 5.58. The van der Waals surface area contributed by atoms with Crippen LogP contribution in [-0.2, 0) is 14.3 Å². The van der Waals surface area contributed by atoms with Crippen molar-refractivity contribution in [3.8, 4) is 0 Å². The SMILES string of the molecule is CC1=CCC2C(C)(C(=O)O)CCCC2(C)C1CCC1=CC(O)OC1=O. The Morgan fingerprint density at radius 2 is 2.08 bits per heavy atom. The molecule has 2 aliphatic carbocycles. The fourth-order valence-electron chi connectivity index (χ4n) is 5.58. The van der Waals surface area contributed by atoms with Gasteiger partial charge < -0.3 is 14.9 Å². The Balaban J connectivity index is 1.85. The molecule has 0 spiro atoms. The average molecular weight is 348 g/mol. The number of rotatable bonds is 4. The van der Waals surface area contributed by atoms with Crippen molar-refractivity contribution in [2.75, 3.05) is 0 Å². The van der Waals surface area contributed by atoms with Gasteiger partial charge in [-0.25, -0.2) is 4.79 Å². The highest BCUT2D eigenvalue weighted by atomic mass is 16.6. The first-order valence-electron chi connectivity index (χ1n) is 9.18. The van der Waals surface area contributed by atoms with Crippen LogP contribution < -0.4 is 0 Å². The van der Waals surface area contributed by atoms with Gasteiger partial charge in [0, 0.05) is 5.57 Å². The minimum Gasteiger partial charge on any atom is -0.481 e. The molecule has 0 radical (unpaired) electrons. The first-order chi connectivity index (χ1) is 11.7. The Kier molecular flexibility index (Phi) is 4.56. The van der Waals surface area contributed by atoms with Crippen molar-refractivity contribution in [1.82, 2.24) is 0 Å². The van der Waals surface area contributed by atoms with Gasteiger partial charge in [-0.15, -0.1) is 0 Å². The van der Waals surface area contributed by atoms with Crippen LogP contribution in [-0.4, -0.2) is 28.4 Å². The molecule has 0 bridgehead atoms. The van der Waals surface area contributed by atoms with E-state index < -0.39 is 23.6 Å². The molecule has 1 fully saturated rings. The van der Waals surface area contributed by atoms with E-state index in [1.807, 2.05) is 6.92 Å². The summed E-state index contributed by atoms with van der Waals surface area (Å²) in [6.07, 6.45) is 7.35.